The highest BCUT2D eigenvalue weighted by Gasteiger charge is 2.15. The monoisotopic (exact) mass is 333 g/mol. The Labute approximate surface area is 142 Å². The van der Waals surface area contributed by atoms with Crippen LogP contribution in [0.3, 0.4) is 0 Å². The van der Waals surface area contributed by atoms with Gasteiger partial charge in [-0.05, 0) is 46.2 Å². The van der Waals surface area contributed by atoms with Crippen molar-refractivity contribution < 1.29 is 9.53 Å². The number of nitrogens with one attached hydrogen (secondary N) is 2. The lowest BCUT2D eigenvalue weighted by atomic mass is 10.1. The van der Waals surface area contributed by atoms with Crippen LogP contribution in [0.2, 0.25) is 0 Å². The van der Waals surface area contributed by atoms with Gasteiger partial charge < -0.3 is 15.4 Å². The van der Waals surface area contributed by atoms with Gasteiger partial charge in [-0.1, -0.05) is 0 Å². The second kappa shape index (κ2) is 7.17. The molecule has 0 bridgehead atoms. The largest absolute Gasteiger partial charge is 0.466 e. The molecule has 0 atom stereocenters. The van der Waals surface area contributed by atoms with Gasteiger partial charge in [-0.15, -0.1) is 5.10 Å². The summed E-state index contributed by atoms with van der Waals surface area (Å²) >= 11 is 0. The van der Waals surface area contributed by atoms with E-state index in [0.29, 0.717) is 19.0 Å². The zero-order valence-electron chi connectivity index (χ0n) is 15.4. The third-order valence-electron chi connectivity index (χ3n) is 3.53. The topological polar surface area (TPSA) is 81.1 Å². The number of amides is 1. The van der Waals surface area contributed by atoms with E-state index in [1.54, 1.807) is 4.68 Å². The van der Waals surface area contributed by atoms with E-state index in [2.05, 4.69) is 41.5 Å². The van der Waals surface area contributed by atoms with Crippen LogP contribution in [0.4, 0.5) is 0 Å². The summed E-state index contributed by atoms with van der Waals surface area (Å²) in [4.78, 5) is 16.4. The number of ether oxygens (including phenoxy) is 1. The van der Waals surface area contributed by atoms with Crippen molar-refractivity contribution in [2.45, 2.75) is 40.2 Å². The molecule has 0 saturated carbocycles. The van der Waals surface area contributed by atoms with Crippen LogP contribution >= 0.6 is 0 Å². The molecule has 2 rings (SSSR count). The van der Waals surface area contributed by atoms with Gasteiger partial charge in [0, 0.05) is 31.4 Å². The van der Waals surface area contributed by atoms with Gasteiger partial charge in [-0.2, -0.15) is 0 Å². The number of fused-ring (bicyclic) bond motifs is 1. The molecule has 24 heavy (non-hydrogen) atoms. The molecule has 132 valence electrons. The number of aromatic nitrogens is 3. The first-order chi connectivity index (χ1) is 11.2. The van der Waals surface area contributed by atoms with Crippen molar-refractivity contribution in [1.82, 2.24) is 25.4 Å². The number of rotatable bonds is 6. The molecule has 0 aromatic carbocycles. The zero-order valence-corrected chi connectivity index (χ0v) is 15.4. The number of aryl methyl sites for hydroxylation is 3. The van der Waals surface area contributed by atoms with E-state index in [9.17, 15) is 4.79 Å². The summed E-state index contributed by atoms with van der Waals surface area (Å²) in [6.07, 6.45) is 0. The predicted octanol–water partition coefficient (Wildman–Crippen LogP) is 1.47. The van der Waals surface area contributed by atoms with E-state index in [1.165, 1.54) is 0 Å². The van der Waals surface area contributed by atoms with Gasteiger partial charge in [0.1, 0.15) is 0 Å². The number of carbonyl (C=O) groups is 1. The molecule has 0 radical (unpaired) electrons. The van der Waals surface area contributed by atoms with Gasteiger partial charge in [-0.3, -0.25) is 4.79 Å². The van der Waals surface area contributed by atoms with Crippen LogP contribution in [0.5, 0.6) is 5.88 Å². The molecule has 1 amide bonds. The molecule has 2 aromatic heterocycles. The second-order valence-electron chi connectivity index (χ2n) is 7.02. The third kappa shape index (κ3) is 4.67. The van der Waals surface area contributed by atoms with Gasteiger partial charge in [0.2, 0.25) is 5.88 Å². The molecule has 7 heteroatoms. The first kappa shape index (κ1) is 18.2. The van der Waals surface area contributed by atoms with Crippen molar-refractivity contribution in [3.63, 3.8) is 0 Å². The Balaban J connectivity index is 1.93. The van der Waals surface area contributed by atoms with E-state index >= 15 is 0 Å². The van der Waals surface area contributed by atoms with Crippen molar-refractivity contribution in [3.05, 3.63) is 17.3 Å². The Kier molecular flexibility index (Phi) is 5.43. The molecule has 0 saturated heterocycles. The molecule has 0 spiro atoms. The SMILES string of the molecule is Cc1cc(C)c2c(OCC(=O)NCCNC(C)(C)C)nn(C)c2n1. The molecular weight excluding hydrogens is 306 g/mol. The van der Waals surface area contributed by atoms with E-state index in [1.807, 2.05) is 27.0 Å². The Morgan fingerprint density at radius 1 is 1.29 bits per heavy atom. The summed E-state index contributed by atoms with van der Waals surface area (Å²) in [5, 5.41) is 11.3. The lowest BCUT2D eigenvalue weighted by molar-refractivity contribution is -0.123. The highest BCUT2D eigenvalue weighted by Crippen LogP contribution is 2.26. The lowest BCUT2D eigenvalue weighted by Crippen LogP contribution is -2.42. The van der Waals surface area contributed by atoms with Crippen molar-refractivity contribution in [1.29, 1.82) is 0 Å². The minimum atomic E-state index is -0.165. The quantitative estimate of drug-likeness (QED) is 0.783. The Hall–Kier alpha value is -2.15. The number of hydrogen-bond acceptors (Lipinski definition) is 5. The van der Waals surface area contributed by atoms with Crippen LogP contribution in [0, 0.1) is 13.8 Å². The molecule has 0 aliphatic carbocycles. The number of nitrogens with zero attached hydrogens (tertiary/aromatic N) is 3. The van der Waals surface area contributed by atoms with Crippen molar-refractivity contribution in [2.75, 3.05) is 19.7 Å². The van der Waals surface area contributed by atoms with Crippen LogP contribution in [0.15, 0.2) is 6.07 Å². The average Bonchev–Trinajstić information content (AvgIpc) is 2.77. The van der Waals surface area contributed by atoms with E-state index < -0.39 is 0 Å². The Morgan fingerprint density at radius 3 is 2.67 bits per heavy atom. The van der Waals surface area contributed by atoms with E-state index in [-0.39, 0.29) is 18.1 Å². The molecule has 2 heterocycles. The highest BCUT2D eigenvalue weighted by molar-refractivity contribution is 5.85. The van der Waals surface area contributed by atoms with Crippen LogP contribution in [-0.2, 0) is 11.8 Å². The zero-order chi connectivity index (χ0) is 17.9. The molecular formula is C17H27N5O2. The summed E-state index contributed by atoms with van der Waals surface area (Å²) in [6.45, 7) is 11.4. The van der Waals surface area contributed by atoms with Crippen LogP contribution in [0.25, 0.3) is 11.0 Å². The molecule has 0 unspecified atom stereocenters. The second-order valence-corrected chi connectivity index (χ2v) is 7.02. The maximum absolute atomic E-state index is 11.9. The van der Waals surface area contributed by atoms with Gasteiger partial charge in [0.25, 0.3) is 5.91 Å². The number of hydrogen-bond donors (Lipinski definition) is 2. The fraction of sp³-hybridized carbons (Fsp3) is 0.588. The van der Waals surface area contributed by atoms with Gasteiger partial charge in [0.05, 0.1) is 5.39 Å². The fourth-order valence-electron chi connectivity index (χ4n) is 2.47. The van der Waals surface area contributed by atoms with E-state index in [4.69, 9.17) is 4.74 Å². The lowest BCUT2D eigenvalue weighted by Gasteiger charge is -2.20. The Morgan fingerprint density at radius 2 is 2.00 bits per heavy atom. The number of pyridine rings is 1. The molecule has 0 fully saturated rings. The van der Waals surface area contributed by atoms with Crippen LogP contribution in [0.1, 0.15) is 32.0 Å². The molecule has 2 N–H and O–H groups in total. The fourth-order valence-corrected chi connectivity index (χ4v) is 2.47. The normalized spacial score (nSPS) is 11.8. The molecule has 0 aliphatic heterocycles. The maximum Gasteiger partial charge on any atom is 0.258 e. The predicted molar refractivity (Wildman–Crippen MR) is 94.2 cm³/mol. The maximum atomic E-state index is 11.9. The minimum absolute atomic E-state index is 0.0385. The summed E-state index contributed by atoms with van der Waals surface area (Å²) < 4.78 is 7.29. The van der Waals surface area contributed by atoms with Crippen molar-refractivity contribution in [2.24, 2.45) is 7.05 Å². The smallest absolute Gasteiger partial charge is 0.258 e. The van der Waals surface area contributed by atoms with Crippen LogP contribution in [-0.4, -0.2) is 45.9 Å². The van der Waals surface area contributed by atoms with Gasteiger partial charge >= 0.3 is 0 Å². The van der Waals surface area contributed by atoms with E-state index in [0.717, 1.165) is 22.3 Å². The summed E-state index contributed by atoms with van der Waals surface area (Å²) in [6, 6.07) is 1.98. The summed E-state index contributed by atoms with van der Waals surface area (Å²) in [7, 11) is 1.82. The Bertz CT molecular complexity index is 731. The number of carbonyl (C=O) groups excluding carboxylic acids is 1. The average molecular weight is 333 g/mol. The highest BCUT2D eigenvalue weighted by atomic mass is 16.5. The first-order valence-corrected chi connectivity index (χ1v) is 8.13. The van der Waals surface area contributed by atoms with Gasteiger partial charge in [-0.25, -0.2) is 9.67 Å². The van der Waals surface area contributed by atoms with Crippen molar-refractivity contribution in [3.8, 4) is 5.88 Å². The molecule has 0 aliphatic rings. The standard InChI is InChI=1S/C17H27N5O2/c1-11-9-12(2)20-15-14(11)16(21-22(15)6)24-10-13(23)18-7-8-19-17(3,4)5/h9,19H,7-8,10H2,1-6H3,(H,18,23). The summed E-state index contributed by atoms with van der Waals surface area (Å²) in [5.74, 6) is 0.280. The van der Waals surface area contributed by atoms with Crippen LogP contribution < -0.4 is 15.4 Å². The molecule has 7 nitrogen and oxygen atoms in total. The van der Waals surface area contributed by atoms with Crippen molar-refractivity contribution >= 4 is 16.9 Å². The third-order valence-corrected chi connectivity index (χ3v) is 3.53. The molecule has 2 aromatic rings. The van der Waals surface area contributed by atoms with Gasteiger partial charge in [0.15, 0.2) is 12.3 Å². The summed E-state index contributed by atoms with van der Waals surface area (Å²) in [5.41, 5.74) is 2.77. The minimum Gasteiger partial charge on any atom is -0.466 e. The first-order valence-electron chi connectivity index (χ1n) is 8.13.